The molecule has 4 nitrogen and oxygen atoms in total. The Morgan fingerprint density at radius 3 is 2.65 bits per heavy atom. The maximum absolute atomic E-state index is 12.6. The highest BCUT2D eigenvalue weighted by Crippen LogP contribution is 2.22. The lowest BCUT2D eigenvalue weighted by Gasteiger charge is -2.12. The van der Waals surface area contributed by atoms with Crippen LogP contribution in [0.5, 0.6) is 0 Å². The van der Waals surface area contributed by atoms with Crippen LogP contribution in [0.3, 0.4) is 0 Å². The summed E-state index contributed by atoms with van der Waals surface area (Å²) in [7, 11) is 0. The number of para-hydroxylation sites is 1. The van der Waals surface area contributed by atoms with E-state index in [2.05, 4.69) is 24.1 Å². The summed E-state index contributed by atoms with van der Waals surface area (Å²) in [6.07, 6.45) is 3.98. The lowest BCUT2D eigenvalue weighted by atomic mass is 10.0. The Kier molecular flexibility index (Phi) is 4.42. The fraction of sp³-hybridized carbons (Fsp3) is 0.263. The first-order chi connectivity index (χ1) is 11.1. The largest absolute Gasteiger partial charge is 0.353 e. The third-order valence-corrected chi connectivity index (χ3v) is 3.89. The number of fused-ring (bicyclic) bond motifs is 1. The van der Waals surface area contributed by atoms with Crippen molar-refractivity contribution in [2.24, 2.45) is 0 Å². The summed E-state index contributed by atoms with van der Waals surface area (Å²) in [6, 6.07) is 13.7. The Labute approximate surface area is 136 Å². The summed E-state index contributed by atoms with van der Waals surface area (Å²) in [6.45, 7) is 5.54. The van der Waals surface area contributed by atoms with Crippen molar-refractivity contribution in [3.63, 3.8) is 0 Å². The zero-order valence-corrected chi connectivity index (χ0v) is 13.5. The molecular weight excluding hydrogens is 286 g/mol. The normalized spacial score (nSPS) is 11.1. The number of carbonyl (C=O) groups excluding carboxylic acids is 1. The average Bonchev–Trinajstić information content (AvgIpc) is 3.07. The lowest BCUT2D eigenvalue weighted by molar-refractivity contribution is 0.0954. The van der Waals surface area contributed by atoms with Crippen LogP contribution in [0.4, 0.5) is 0 Å². The van der Waals surface area contributed by atoms with Gasteiger partial charge < -0.3 is 9.88 Å². The SMILES string of the molecule is CC(C)c1cc(C(=O)NCCn2cccc2)c2ccccc2n1. The fourth-order valence-corrected chi connectivity index (χ4v) is 2.59. The molecule has 0 aliphatic heterocycles. The van der Waals surface area contributed by atoms with E-state index in [1.807, 2.05) is 59.4 Å². The van der Waals surface area contributed by atoms with Crippen molar-refractivity contribution in [1.29, 1.82) is 0 Å². The number of amides is 1. The van der Waals surface area contributed by atoms with Crippen LogP contribution < -0.4 is 5.32 Å². The summed E-state index contributed by atoms with van der Waals surface area (Å²) in [5.41, 5.74) is 2.51. The number of pyridine rings is 1. The Bertz CT molecular complexity index is 807. The molecule has 0 saturated carbocycles. The van der Waals surface area contributed by atoms with E-state index in [1.54, 1.807) is 0 Å². The van der Waals surface area contributed by atoms with E-state index in [-0.39, 0.29) is 11.8 Å². The molecule has 0 aliphatic carbocycles. The molecular formula is C19H21N3O. The Morgan fingerprint density at radius 1 is 1.17 bits per heavy atom. The number of hydrogen-bond donors (Lipinski definition) is 1. The summed E-state index contributed by atoms with van der Waals surface area (Å²) in [5.74, 6) is 0.240. The molecule has 0 spiro atoms. The van der Waals surface area contributed by atoms with Crippen LogP contribution in [0, 0.1) is 0 Å². The molecule has 118 valence electrons. The van der Waals surface area contributed by atoms with Crippen molar-refractivity contribution in [3.05, 3.63) is 66.1 Å². The Morgan fingerprint density at radius 2 is 1.91 bits per heavy atom. The summed E-state index contributed by atoms with van der Waals surface area (Å²) in [5, 5.41) is 3.91. The molecule has 0 atom stereocenters. The van der Waals surface area contributed by atoms with Crippen molar-refractivity contribution in [2.75, 3.05) is 6.54 Å². The van der Waals surface area contributed by atoms with E-state index in [4.69, 9.17) is 0 Å². The molecule has 0 unspecified atom stereocenters. The van der Waals surface area contributed by atoms with Gasteiger partial charge in [-0.3, -0.25) is 9.78 Å². The first-order valence-electron chi connectivity index (χ1n) is 7.94. The predicted octanol–water partition coefficient (Wildman–Crippen LogP) is 3.59. The van der Waals surface area contributed by atoms with Gasteiger partial charge in [0.1, 0.15) is 0 Å². The van der Waals surface area contributed by atoms with Gasteiger partial charge in [0, 0.05) is 36.6 Å². The topological polar surface area (TPSA) is 46.9 Å². The molecule has 3 aromatic rings. The van der Waals surface area contributed by atoms with E-state index in [1.165, 1.54) is 0 Å². The minimum absolute atomic E-state index is 0.0438. The van der Waals surface area contributed by atoms with Crippen molar-refractivity contribution < 1.29 is 4.79 Å². The smallest absolute Gasteiger partial charge is 0.252 e. The van der Waals surface area contributed by atoms with E-state index < -0.39 is 0 Å². The van der Waals surface area contributed by atoms with Crippen molar-refractivity contribution in [1.82, 2.24) is 14.9 Å². The van der Waals surface area contributed by atoms with Crippen molar-refractivity contribution in [3.8, 4) is 0 Å². The van der Waals surface area contributed by atoms with Gasteiger partial charge in [-0.2, -0.15) is 0 Å². The van der Waals surface area contributed by atoms with Crippen molar-refractivity contribution >= 4 is 16.8 Å². The van der Waals surface area contributed by atoms with Crippen LogP contribution in [0.25, 0.3) is 10.9 Å². The number of hydrogen-bond acceptors (Lipinski definition) is 2. The van der Waals surface area contributed by atoms with Crippen molar-refractivity contribution in [2.45, 2.75) is 26.3 Å². The van der Waals surface area contributed by atoms with Crippen LogP contribution in [-0.2, 0) is 6.54 Å². The number of aromatic nitrogens is 2. The molecule has 0 aliphatic rings. The molecule has 3 rings (SSSR count). The molecule has 1 N–H and O–H groups in total. The molecule has 0 bridgehead atoms. The van der Waals surface area contributed by atoms with E-state index in [9.17, 15) is 4.79 Å². The highest BCUT2D eigenvalue weighted by atomic mass is 16.1. The third-order valence-electron chi connectivity index (χ3n) is 3.89. The zero-order valence-electron chi connectivity index (χ0n) is 13.5. The third kappa shape index (κ3) is 3.42. The van der Waals surface area contributed by atoms with E-state index >= 15 is 0 Å². The number of nitrogens with one attached hydrogen (secondary N) is 1. The average molecular weight is 307 g/mol. The fourth-order valence-electron chi connectivity index (χ4n) is 2.59. The lowest BCUT2D eigenvalue weighted by Crippen LogP contribution is -2.27. The zero-order chi connectivity index (χ0) is 16.2. The minimum Gasteiger partial charge on any atom is -0.353 e. The van der Waals surface area contributed by atoms with E-state index in [0.29, 0.717) is 12.1 Å². The highest BCUT2D eigenvalue weighted by molar-refractivity contribution is 6.06. The first kappa shape index (κ1) is 15.3. The van der Waals surface area contributed by atoms with Gasteiger partial charge >= 0.3 is 0 Å². The minimum atomic E-state index is -0.0438. The van der Waals surface area contributed by atoms with Gasteiger partial charge in [-0.05, 0) is 30.2 Å². The molecule has 2 heterocycles. The maximum atomic E-state index is 12.6. The molecule has 0 fully saturated rings. The molecule has 2 aromatic heterocycles. The summed E-state index contributed by atoms with van der Waals surface area (Å²) >= 11 is 0. The molecule has 23 heavy (non-hydrogen) atoms. The molecule has 1 amide bonds. The van der Waals surface area contributed by atoms with Gasteiger partial charge in [-0.15, -0.1) is 0 Å². The monoisotopic (exact) mass is 307 g/mol. The molecule has 4 heteroatoms. The quantitative estimate of drug-likeness (QED) is 0.783. The van der Waals surface area contributed by atoms with Crippen LogP contribution >= 0.6 is 0 Å². The second-order valence-corrected chi connectivity index (χ2v) is 5.94. The second-order valence-electron chi connectivity index (χ2n) is 5.94. The van der Waals surface area contributed by atoms with Crippen LogP contribution in [0.15, 0.2) is 54.9 Å². The highest BCUT2D eigenvalue weighted by Gasteiger charge is 2.13. The van der Waals surface area contributed by atoms with Gasteiger partial charge in [-0.1, -0.05) is 32.0 Å². The van der Waals surface area contributed by atoms with Gasteiger partial charge in [0.05, 0.1) is 11.1 Å². The number of benzene rings is 1. The van der Waals surface area contributed by atoms with Gasteiger partial charge in [-0.25, -0.2) is 0 Å². The van der Waals surface area contributed by atoms with Gasteiger partial charge in [0.25, 0.3) is 5.91 Å². The Balaban J connectivity index is 1.83. The Hall–Kier alpha value is -2.62. The first-order valence-corrected chi connectivity index (χ1v) is 7.94. The van der Waals surface area contributed by atoms with Crippen LogP contribution in [0.2, 0.25) is 0 Å². The standard InChI is InChI=1S/C19H21N3O/c1-14(2)18-13-16(15-7-3-4-8-17(15)21-18)19(23)20-9-12-22-10-5-6-11-22/h3-8,10-11,13-14H,9,12H2,1-2H3,(H,20,23). The molecule has 1 aromatic carbocycles. The maximum Gasteiger partial charge on any atom is 0.252 e. The summed E-state index contributed by atoms with van der Waals surface area (Å²) in [4.78, 5) is 17.3. The number of carbonyl (C=O) groups is 1. The van der Waals surface area contributed by atoms with Crippen LogP contribution in [-0.4, -0.2) is 22.0 Å². The van der Waals surface area contributed by atoms with Gasteiger partial charge in [0.15, 0.2) is 0 Å². The van der Waals surface area contributed by atoms with Crippen LogP contribution in [0.1, 0.15) is 35.8 Å². The summed E-state index contributed by atoms with van der Waals surface area (Å²) < 4.78 is 2.05. The van der Waals surface area contributed by atoms with E-state index in [0.717, 1.165) is 23.1 Å². The second kappa shape index (κ2) is 6.65. The molecule has 0 radical (unpaired) electrons. The van der Waals surface area contributed by atoms with Gasteiger partial charge in [0.2, 0.25) is 0 Å². The molecule has 0 saturated heterocycles. The predicted molar refractivity (Wildman–Crippen MR) is 92.6 cm³/mol. The number of nitrogens with zero attached hydrogens (tertiary/aromatic N) is 2. The number of rotatable bonds is 5.